The predicted molar refractivity (Wildman–Crippen MR) is 69.0 cm³/mol. The molecule has 1 heterocycles. The molecule has 98 valence electrons. The molecule has 0 bridgehead atoms. The summed E-state index contributed by atoms with van der Waals surface area (Å²) in [4.78, 5) is 22.4. The summed E-state index contributed by atoms with van der Waals surface area (Å²) in [5, 5.41) is 15.1. The number of rotatable bonds is 4. The van der Waals surface area contributed by atoms with Crippen molar-refractivity contribution in [2.24, 2.45) is 0 Å². The van der Waals surface area contributed by atoms with Gasteiger partial charge in [-0.15, -0.1) is 0 Å². The lowest BCUT2D eigenvalue weighted by Crippen LogP contribution is -2.11. The Hall–Kier alpha value is -2.63. The molecule has 1 aromatic carbocycles. The normalized spacial score (nSPS) is 10.2. The minimum atomic E-state index is -0.987. The van der Waals surface area contributed by atoms with Crippen LogP contribution in [0.4, 0.5) is 5.69 Å². The van der Waals surface area contributed by atoms with Crippen LogP contribution in [0.5, 0.6) is 0 Å². The van der Waals surface area contributed by atoms with Crippen LogP contribution in [0.3, 0.4) is 0 Å². The van der Waals surface area contributed by atoms with Gasteiger partial charge in [0.25, 0.3) is 5.91 Å². The van der Waals surface area contributed by atoms with Crippen LogP contribution < -0.4 is 5.32 Å². The number of aromatic nitrogens is 2. The zero-order chi connectivity index (χ0) is 13.8. The molecule has 1 amide bonds. The number of aryl methyl sites for hydroxylation is 1. The Labute approximate surface area is 109 Å². The number of hydrogen-bond donors (Lipinski definition) is 2. The molecule has 2 N–H and O–H groups in total. The molecule has 2 aromatic rings. The van der Waals surface area contributed by atoms with Crippen molar-refractivity contribution in [3.63, 3.8) is 0 Å². The van der Waals surface area contributed by atoms with Crippen molar-refractivity contribution < 1.29 is 14.7 Å². The second-order valence-electron chi connectivity index (χ2n) is 4.14. The molecule has 6 nitrogen and oxygen atoms in total. The van der Waals surface area contributed by atoms with Crippen molar-refractivity contribution in [1.29, 1.82) is 0 Å². The van der Waals surface area contributed by atoms with E-state index in [1.165, 1.54) is 17.1 Å². The van der Waals surface area contributed by atoms with Gasteiger partial charge in [-0.2, -0.15) is 5.10 Å². The van der Waals surface area contributed by atoms with E-state index in [0.29, 0.717) is 11.3 Å². The first-order valence-electron chi connectivity index (χ1n) is 5.67. The standard InChI is InChI=1S/C13H13N3O3/c1-9-2-4-10(5-3-9)13(19)15-11-6-14-16(7-11)8-12(17)18/h2-7H,8H2,1H3,(H,15,19)(H,17,18). The highest BCUT2D eigenvalue weighted by atomic mass is 16.4. The highest BCUT2D eigenvalue weighted by Gasteiger charge is 2.08. The third kappa shape index (κ3) is 3.41. The lowest BCUT2D eigenvalue weighted by molar-refractivity contribution is -0.137. The molecule has 0 saturated carbocycles. The molecule has 0 atom stereocenters. The predicted octanol–water partition coefficient (Wildman–Crippen LogP) is 1.53. The second-order valence-corrected chi connectivity index (χ2v) is 4.14. The summed E-state index contributed by atoms with van der Waals surface area (Å²) in [7, 11) is 0. The fourth-order valence-electron chi connectivity index (χ4n) is 1.56. The van der Waals surface area contributed by atoms with E-state index in [2.05, 4.69) is 10.4 Å². The van der Waals surface area contributed by atoms with Gasteiger partial charge in [-0.1, -0.05) is 17.7 Å². The largest absolute Gasteiger partial charge is 0.480 e. The van der Waals surface area contributed by atoms with E-state index in [9.17, 15) is 9.59 Å². The minimum Gasteiger partial charge on any atom is -0.480 e. The molecule has 0 aliphatic heterocycles. The van der Waals surface area contributed by atoms with Crippen molar-refractivity contribution in [3.05, 3.63) is 47.8 Å². The molecule has 1 aromatic heterocycles. The number of benzene rings is 1. The molecule has 0 unspecified atom stereocenters. The zero-order valence-corrected chi connectivity index (χ0v) is 10.3. The number of anilines is 1. The van der Waals surface area contributed by atoms with Crippen molar-refractivity contribution in [1.82, 2.24) is 9.78 Å². The van der Waals surface area contributed by atoms with Crippen LogP contribution in [0.25, 0.3) is 0 Å². The van der Waals surface area contributed by atoms with Gasteiger partial charge in [-0.05, 0) is 19.1 Å². The second kappa shape index (κ2) is 5.34. The van der Waals surface area contributed by atoms with Gasteiger partial charge in [-0.3, -0.25) is 14.3 Å². The number of carboxylic acids is 1. The summed E-state index contributed by atoms with van der Waals surface area (Å²) in [5.41, 5.74) is 2.08. The Bertz CT molecular complexity index is 602. The van der Waals surface area contributed by atoms with Crippen LogP contribution in [0, 0.1) is 6.92 Å². The Morgan fingerprint density at radius 2 is 2.00 bits per heavy atom. The number of nitrogens with zero attached hydrogens (tertiary/aromatic N) is 2. The number of amides is 1. The average Bonchev–Trinajstić information content (AvgIpc) is 2.76. The average molecular weight is 259 g/mol. The van der Waals surface area contributed by atoms with E-state index in [0.717, 1.165) is 5.56 Å². The number of carbonyl (C=O) groups is 2. The van der Waals surface area contributed by atoms with Crippen molar-refractivity contribution in [3.8, 4) is 0 Å². The van der Waals surface area contributed by atoms with Crippen LogP contribution in [-0.4, -0.2) is 26.8 Å². The van der Waals surface area contributed by atoms with Gasteiger partial charge >= 0.3 is 5.97 Å². The third-order valence-electron chi connectivity index (χ3n) is 2.50. The number of carboxylic acid groups (broad SMARTS) is 1. The fraction of sp³-hybridized carbons (Fsp3) is 0.154. The number of carbonyl (C=O) groups excluding carboxylic acids is 1. The number of aliphatic carboxylic acids is 1. The molecule has 0 saturated heterocycles. The van der Waals surface area contributed by atoms with E-state index in [-0.39, 0.29) is 12.5 Å². The smallest absolute Gasteiger partial charge is 0.325 e. The van der Waals surface area contributed by atoms with E-state index in [1.807, 2.05) is 19.1 Å². The highest BCUT2D eigenvalue weighted by molar-refractivity contribution is 6.04. The quantitative estimate of drug-likeness (QED) is 0.872. The molecular formula is C13H13N3O3. The van der Waals surface area contributed by atoms with Crippen LogP contribution >= 0.6 is 0 Å². The Morgan fingerprint density at radius 3 is 2.63 bits per heavy atom. The zero-order valence-electron chi connectivity index (χ0n) is 10.3. The Balaban J connectivity index is 2.04. The third-order valence-corrected chi connectivity index (χ3v) is 2.50. The minimum absolute atomic E-state index is 0.236. The van der Waals surface area contributed by atoms with Gasteiger partial charge in [0.05, 0.1) is 11.9 Å². The van der Waals surface area contributed by atoms with Gasteiger partial charge in [0.15, 0.2) is 0 Å². The number of nitrogens with one attached hydrogen (secondary N) is 1. The van der Waals surface area contributed by atoms with Crippen molar-refractivity contribution >= 4 is 17.6 Å². The molecule has 0 aliphatic rings. The van der Waals surface area contributed by atoms with Gasteiger partial charge in [0, 0.05) is 11.8 Å². The summed E-state index contributed by atoms with van der Waals surface area (Å²) in [6.45, 7) is 1.71. The maximum Gasteiger partial charge on any atom is 0.325 e. The summed E-state index contributed by atoms with van der Waals surface area (Å²) >= 11 is 0. The Morgan fingerprint density at radius 1 is 1.32 bits per heavy atom. The SMILES string of the molecule is Cc1ccc(C(=O)Nc2cnn(CC(=O)O)c2)cc1. The van der Waals surface area contributed by atoms with Gasteiger partial charge in [-0.25, -0.2) is 0 Å². The molecule has 2 rings (SSSR count). The fourth-order valence-corrected chi connectivity index (χ4v) is 1.56. The van der Waals surface area contributed by atoms with Crippen LogP contribution in [-0.2, 0) is 11.3 Å². The molecule has 0 radical (unpaired) electrons. The molecule has 6 heteroatoms. The summed E-state index contributed by atoms with van der Waals surface area (Å²) < 4.78 is 1.24. The van der Waals surface area contributed by atoms with Crippen molar-refractivity contribution in [2.75, 3.05) is 5.32 Å². The van der Waals surface area contributed by atoms with Crippen LogP contribution in [0.2, 0.25) is 0 Å². The summed E-state index contributed by atoms with van der Waals surface area (Å²) in [6.07, 6.45) is 2.88. The lowest BCUT2D eigenvalue weighted by Gasteiger charge is -2.02. The maximum atomic E-state index is 11.9. The topological polar surface area (TPSA) is 84.2 Å². The van der Waals surface area contributed by atoms with Crippen LogP contribution in [0.1, 0.15) is 15.9 Å². The van der Waals surface area contributed by atoms with Crippen LogP contribution in [0.15, 0.2) is 36.7 Å². The van der Waals surface area contributed by atoms with Gasteiger partial charge in [0.2, 0.25) is 0 Å². The molecule has 19 heavy (non-hydrogen) atoms. The molecular weight excluding hydrogens is 246 g/mol. The van der Waals surface area contributed by atoms with Gasteiger partial charge < -0.3 is 10.4 Å². The first-order valence-corrected chi connectivity index (χ1v) is 5.67. The monoisotopic (exact) mass is 259 g/mol. The highest BCUT2D eigenvalue weighted by Crippen LogP contribution is 2.09. The first kappa shape index (κ1) is 12.8. The molecule has 0 aliphatic carbocycles. The molecule has 0 spiro atoms. The summed E-state index contributed by atoms with van der Waals surface area (Å²) in [6, 6.07) is 7.16. The van der Waals surface area contributed by atoms with E-state index in [4.69, 9.17) is 5.11 Å². The maximum absolute atomic E-state index is 11.9. The van der Waals surface area contributed by atoms with E-state index >= 15 is 0 Å². The number of hydrogen-bond acceptors (Lipinski definition) is 3. The summed E-state index contributed by atoms with van der Waals surface area (Å²) in [5.74, 6) is -1.24. The van der Waals surface area contributed by atoms with E-state index < -0.39 is 5.97 Å². The Kier molecular flexibility index (Phi) is 3.61. The molecule has 0 fully saturated rings. The lowest BCUT2D eigenvalue weighted by atomic mass is 10.1. The first-order chi connectivity index (χ1) is 9.04. The van der Waals surface area contributed by atoms with Gasteiger partial charge in [0.1, 0.15) is 6.54 Å². The van der Waals surface area contributed by atoms with Crippen molar-refractivity contribution in [2.45, 2.75) is 13.5 Å². The van der Waals surface area contributed by atoms with E-state index in [1.54, 1.807) is 12.1 Å².